The first-order chi connectivity index (χ1) is 9.16. The van der Waals surface area contributed by atoms with Crippen molar-refractivity contribution in [2.24, 2.45) is 0 Å². The zero-order valence-corrected chi connectivity index (χ0v) is 10.8. The zero-order valence-electron chi connectivity index (χ0n) is 10.8. The number of rotatable bonds is 5. The summed E-state index contributed by atoms with van der Waals surface area (Å²) < 4.78 is 0. The summed E-state index contributed by atoms with van der Waals surface area (Å²) in [6.07, 6.45) is 0.118. The summed E-state index contributed by atoms with van der Waals surface area (Å²) in [7, 11) is 0. The van der Waals surface area contributed by atoms with Gasteiger partial charge in [-0.3, -0.25) is 9.89 Å². The molecule has 1 aromatic carbocycles. The van der Waals surface area contributed by atoms with Gasteiger partial charge in [-0.05, 0) is 19.4 Å². The van der Waals surface area contributed by atoms with Crippen LogP contribution in [0.25, 0.3) is 11.3 Å². The fourth-order valence-electron chi connectivity index (χ4n) is 1.68. The lowest BCUT2D eigenvalue weighted by atomic mass is 10.1. The number of H-pyrrole nitrogens is 1. The highest BCUT2D eigenvalue weighted by molar-refractivity contribution is 5.93. The Labute approximate surface area is 111 Å². The van der Waals surface area contributed by atoms with E-state index in [0.29, 0.717) is 18.7 Å². The second kappa shape index (κ2) is 6.15. The van der Waals surface area contributed by atoms with E-state index in [0.717, 1.165) is 11.3 Å². The highest BCUT2D eigenvalue weighted by Gasteiger charge is 2.10. The molecule has 0 aliphatic carbocycles. The van der Waals surface area contributed by atoms with Crippen molar-refractivity contribution in [3.63, 3.8) is 0 Å². The van der Waals surface area contributed by atoms with E-state index in [1.54, 1.807) is 13.0 Å². The van der Waals surface area contributed by atoms with Crippen molar-refractivity contribution in [2.75, 3.05) is 6.54 Å². The number of benzene rings is 1. The fourth-order valence-corrected chi connectivity index (χ4v) is 1.68. The van der Waals surface area contributed by atoms with E-state index in [9.17, 15) is 4.79 Å². The molecule has 5 heteroatoms. The number of aromatic amines is 1. The summed E-state index contributed by atoms with van der Waals surface area (Å²) in [5.74, 6) is -0.213. The molecule has 2 rings (SSSR count). The van der Waals surface area contributed by atoms with Gasteiger partial charge in [-0.15, -0.1) is 0 Å². The van der Waals surface area contributed by atoms with Crippen molar-refractivity contribution < 1.29 is 9.90 Å². The molecule has 0 fully saturated rings. The molecule has 1 amide bonds. The number of hydrogen-bond acceptors (Lipinski definition) is 3. The summed E-state index contributed by atoms with van der Waals surface area (Å²) in [4.78, 5) is 11.8. The molecule has 1 aromatic heterocycles. The highest BCUT2D eigenvalue weighted by atomic mass is 16.3. The number of carbonyl (C=O) groups is 1. The van der Waals surface area contributed by atoms with Crippen LogP contribution < -0.4 is 5.32 Å². The maximum atomic E-state index is 11.8. The monoisotopic (exact) mass is 259 g/mol. The molecule has 1 unspecified atom stereocenters. The average Bonchev–Trinajstić information content (AvgIpc) is 2.89. The number of aliphatic hydroxyl groups is 1. The van der Waals surface area contributed by atoms with Crippen molar-refractivity contribution in [1.29, 1.82) is 0 Å². The summed E-state index contributed by atoms with van der Waals surface area (Å²) >= 11 is 0. The smallest absolute Gasteiger partial charge is 0.269 e. The minimum atomic E-state index is -0.415. The van der Waals surface area contributed by atoms with Crippen LogP contribution in [0.4, 0.5) is 0 Å². The Morgan fingerprint density at radius 1 is 1.42 bits per heavy atom. The van der Waals surface area contributed by atoms with Crippen molar-refractivity contribution in [3.8, 4) is 11.3 Å². The predicted octanol–water partition coefficient (Wildman–Crippen LogP) is 1.58. The van der Waals surface area contributed by atoms with Crippen molar-refractivity contribution in [3.05, 3.63) is 42.1 Å². The van der Waals surface area contributed by atoms with Crippen LogP contribution in [0.15, 0.2) is 36.4 Å². The van der Waals surface area contributed by atoms with Crippen LogP contribution in [0.2, 0.25) is 0 Å². The number of hydrogen-bond donors (Lipinski definition) is 3. The van der Waals surface area contributed by atoms with Crippen LogP contribution in [0, 0.1) is 0 Å². The third-order valence-corrected chi connectivity index (χ3v) is 2.74. The summed E-state index contributed by atoms with van der Waals surface area (Å²) in [5.41, 5.74) is 2.12. The molecule has 1 heterocycles. The molecule has 0 spiro atoms. The Morgan fingerprint density at radius 2 is 2.16 bits per heavy atom. The zero-order chi connectivity index (χ0) is 13.7. The molecule has 0 saturated carbocycles. The first-order valence-corrected chi connectivity index (χ1v) is 6.24. The average molecular weight is 259 g/mol. The lowest BCUT2D eigenvalue weighted by molar-refractivity contribution is 0.0940. The standard InChI is InChI=1S/C14H17N3O2/c1-10(18)7-8-15-14(19)13-9-12(16-17-13)11-5-3-2-4-6-11/h2-6,9-10,18H,7-8H2,1H3,(H,15,19)(H,16,17). The molecule has 0 aliphatic rings. The van der Waals surface area contributed by atoms with Crippen LogP contribution >= 0.6 is 0 Å². The number of carbonyl (C=O) groups excluding carboxylic acids is 1. The van der Waals surface area contributed by atoms with Crippen LogP contribution in [0.3, 0.4) is 0 Å². The van der Waals surface area contributed by atoms with E-state index in [-0.39, 0.29) is 5.91 Å². The Bertz CT molecular complexity index is 535. The largest absolute Gasteiger partial charge is 0.393 e. The summed E-state index contributed by atoms with van der Waals surface area (Å²) in [6.45, 7) is 2.13. The van der Waals surface area contributed by atoms with Gasteiger partial charge in [-0.1, -0.05) is 30.3 Å². The molecule has 0 bridgehead atoms. The predicted molar refractivity (Wildman–Crippen MR) is 72.7 cm³/mol. The Balaban J connectivity index is 1.99. The van der Waals surface area contributed by atoms with E-state index in [4.69, 9.17) is 5.11 Å². The van der Waals surface area contributed by atoms with E-state index in [1.807, 2.05) is 30.3 Å². The van der Waals surface area contributed by atoms with E-state index in [1.165, 1.54) is 0 Å². The first-order valence-electron chi connectivity index (χ1n) is 6.24. The van der Waals surface area contributed by atoms with Gasteiger partial charge in [0, 0.05) is 12.1 Å². The number of aliphatic hydroxyl groups excluding tert-OH is 1. The van der Waals surface area contributed by atoms with E-state index < -0.39 is 6.10 Å². The number of aromatic nitrogens is 2. The molecule has 5 nitrogen and oxygen atoms in total. The quantitative estimate of drug-likeness (QED) is 0.762. The van der Waals surface area contributed by atoms with Crippen LogP contribution in [-0.4, -0.2) is 33.9 Å². The maximum Gasteiger partial charge on any atom is 0.269 e. The number of nitrogens with one attached hydrogen (secondary N) is 2. The van der Waals surface area contributed by atoms with E-state index in [2.05, 4.69) is 15.5 Å². The topological polar surface area (TPSA) is 78.0 Å². The molecule has 1 atom stereocenters. The molecular formula is C14H17N3O2. The maximum absolute atomic E-state index is 11.8. The van der Waals surface area contributed by atoms with Crippen molar-refractivity contribution in [2.45, 2.75) is 19.4 Å². The molecule has 0 radical (unpaired) electrons. The Morgan fingerprint density at radius 3 is 2.84 bits per heavy atom. The van der Waals surface area contributed by atoms with Crippen LogP contribution in [0.5, 0.6) is 0 Å². The number of amides is 1. The fraction of sp³-hybridized carbons (Fsp3) is 0.286. The normalized spacial score (nSPS) is 12.1. The summed E-state index contributed by atoms with van der Waals surface area (Å²) in [5, 5.41) is 18.7. The van der Waals surface area contributed by atoms with Crippen LogP contribution in [-0.2, 0) is 0 Å². The third kappa shape index (κ3) is 3.66. The van der Waals surface area contributed by atoms with E-state index >= 15 is 0 Å². The Kier molecular flexibility index (Phi) is 4.30. The molecule has 2 aromatic rings. The van der Waals surface area contributed by atoms with Crippen molar-refractivity contribution >= 4 is 5.91 Å². The van der Waals surface area contributed by atoms with Gasteiger partial charge in [0.25, 0.3) is 5.91 Å². The molecule has 3 N–H and O–H groups in total. The van der Waals surface area contributed by atoms with Gasteiger partial charge in [0.15, 0.2) is 0 Å². The second-order valence-electron chi connectivity index (χ2n) is 4.43. The van der Waals surface area contributed by atoms with Crippen molar-refractivity contribution in [1.82, 2.24) is 15.5 Å². The van der Waals surface area contributed by atoms with Gasteiger partial charge in [0.1, 0.15) is 5.69 Å². The van der Waals surface area contributed by atoms with Gasteiger partial charge in [-0.25, -0.2) is 0 Å². The van der Waals surface area contributed by atoms with Gasteiger partial charge in [0.2, 0.25) is 0 Å². The third-order valence-electron chi connectivity index (χ3n) is 2.74. The highest BCUT2D eigenvalue weighted by Crippen LogP contribution is 2.16. The van der Waals surface area contributed by atoms with Crippen LogP contribution in [0.1, 0.15) is 23.8 Å². The SMILES string of the molecule is CC(O)CCNC(=O)c1cc(-c2ccccc2)n[nH]1. The minimum absolute atomic E-state index is 0.213. The van der Waals surface area contributed by atoms with Gasteiger partial charge in [0.05, 0.1) is 11.8 Å². The summed E-state index contributed by atoms with van der Waals surface area (Å²) in [6, 6.07) is 11.4. The molecule has 19 heavy (non-hydrogen) atoms. The van der Waals surface area contributed by atoms with Gasteiger partial charge < -0.3 is 10.4 Å². The molecule has 0 aliphatic heterocycles. The first kappa shape index (κ1) is 13.3. The van der Waals surface area contributed by atoms with Gasteiger partial charge >= 0.3 is 0 Å². The lowest BCUT2D eigenvalue weighted by Gasteiger charge is -2.04. The lowest BCUT2D eigenvalue weighted by Crippen LogP contribution is -2.26. The molecular weight excluding hydrogens is 242 g/mol. The molecule has 0 saturated heterocycles. The van der Waals surface area contributed by atoms with Gasteiger partial charge in [-0.2, -0.15) is 5.10 Å². The Hall–Kier alpha value is -2.14. The number of nitrogens with zero attached hydrogens (tertiary/aromatic N) is 1. The molecule has 100 valence electrons. The minimum Gasteiger partial charge on any atom is -0.393 e. The second-order valence-corrected chi connectivity index (χ2v) is 4.43.